The fraction of sp³-hybridized carbons (Fsp3) is 0.125. The van der Waals surface area contributed by atoms with Crippen molar-refractivity contribution < 1.29 is 14.4 Å². The smallest absolute Gasteiger partial charge is 0.329 e. The zero-order valence-corrected chi connectivity index (χ0v) is 17.0. The number of hydrogen-bond donors (Lipinski definition) is 3. The van der Waals surface area contributed by atoms with E-state index in [1.807, 2.05) is 30.3 Å². The topological polar surface area (TPSA) is 90.5 Å². The van der Waals surface area contributed by atoms with Gasteiger partial charge < -0.3 is 16.0 Å². The van der Waals surface area contributed by atoms with Crippen LogP contribution in [0.1, 0.15) is 11.1 Å². The lowest BCUT2D eigenvalue weighted by Crippen LogP contribution is -2.31. The van der Waals surface area contributed by atoms with Gasteiger partial charge in [0, 0.05) is 12.2 Å². The molecule has 7 heteroatoms. The maximum atomic E-state index is 12.4. The van der Waals surface area contributed by atoms with E-state index in [0.717, 1.165) is 21.6 Å². The molecule has 1 aliphatic rings. The van der Waals surface area contributed by atoms with E-state index in [9.17, 15) is 14.4 Å². The Morgan fingerprint density at radius 2 is 1.71 bits per heavy atom. The van der Waals surface area contributed by atoms with E-state index < -0.39 is 6.03 Å². The average molecular weight is 414 g/mol. The lowest BCUT2D eigenvalue weighted by atomic mass is 10.0. The number of rotatable bonds is 5. The second-order valence-corrected chi connectivity index (χ2v) is 7.32. The maximum Gasteiger partial charge on any atom is 0.329 e. The van der Waals surface area contributed by atoms with Crippen molar-refractivity contribution in [1.82, 2.24) is 10.6 Å². The molecule has 0 aliphatic carbocycles. The van der Waals surface area contributed by atoms with Crippen LogP contribution in [0.3, 0.4) is 0 Å². The standard InChI is InChI=1S/C24H22N4O3/c1-16-5-2-7-18(11-16)19-8-3-6-17(12-19)14-25-23(30)27-20-9-4-10-21(13-20)28-22(29)15-26-24(28)31/h2-13H,14-15H2,1H3,(H,26,31)(H2,25,27,30). The number of benzene rings is 3. The summed E-state index contributed by atoms with van der Waals surface area (Å²) in [4.78, 5) is 37.1. The van der Waals surface area contributed by atoms with Crippen LogP contribution in [-0.4, -0.2) is 24.5 Å². The summed E-state index contributed by atoms with van der Waals surface area (Å²) in [6.07, 6.45) is 0. The van der Waals surface area contributed by atoms with Crippen LogP contribution in [0.4, 0.5) is 21.0 Å². The predicted molar refractivity (Wildman–Crippen MR) is 120 cm³/mol. The molecule has 0 spiro atoms. The summed E-state index contributed by atoms with van der Waals surface area (Å²) in [7, 11) is 0. The molecule has 0 bridgehead atoms. The number of carbonyl (C=O) groups excluding carboxylic acids is 3. The van der Waals surface area contributed by atoms with Gasteiger partial charge in [0.05, 0.1) is 12.2 Å². The Balaban J connectivity index is 1.39. The van der Waals surface area contributed by atoms with Crippen LogP contribution in [-0.2, 0) is 11.3 Å². The second-order valence-electron chi connectivity index (χ2n) is 7.32. The van der Waals surface area contributed by atoms with Crippen LogP contribution >= 0.6 is 0 Å². The normalized spacial score (nSPS) is 13.1. The fourth-order valence-corrected chi connectivity index (χ4v) is 3.45. The number of aryl methyl sites for hydroxylation is 1. The highest BCUT2D eigenvalue weighted by Gasteiger charge is 2.30. The monoisotopic (exact) mass is 414 g/mol. The lowest BCUT2D eigenvalue weighted by Gasteiger charge is -2.14. The van der Waals surface area contributed by atoms with Gasteiger partial charge in [-0.25, -0.2) is 14.5 Å². The zero-order chi connectivity index (χ0) is 21.8. The van der Waals surface area contributed by atoms with Gasteiger partial charge in [0.15, 0.2) is 0 Å². The van der Waals surface area contributed by atoms with E-state index in [-0.39, 0.29) is 18.5 Å². The Bertz CT molecular complexity index is 1140. The van der Waals surface area contributed by atoms with Gasteiger partial charge in [0.1, 0.15) is 0 Å². The molecule has 5 amide bonds. The summed E-state index contributed by atoms with van der Waals surface area (Å²) in [5.41, 5.74) is 5.27. The highest BCUT2D eigenvalue weighted by Crippen LogP contribution is 2.23. The first-order valence-corrected chi connectivity index (χ1v) is 9.91. The van der Waals surface area contributed by atoms with Crippen LogP contribution in [0.15, 0.2) is 72.8 Å². The summed E-state index contributed by atoms with van der Waals surface area (Å²) in [5, 5.41) is 8.05. The minimum Gasteiger partial charge on any atom is -0.334 e. The molecule has 1 heterocycles. The van der Waals surface area contributed by atoms with E-state index >= 15 is 0 Å². The van der Waals surface area contributed by atoms with Crippen LogP contribution in [0.2, 0.25) is 0 Å². The Hall–Kier alpha value is -4.13. The van der Waals surface area contributed by atoms with Gasteiger partial charge in [-0.1, -0.05) is 54.1 Å². The van der Waals surface area contributed by atoms with Gasteiger partial charge in [-0.2, -0.15) is 0 Å². The Morgan fingerprint density at radius 3 is 2.45 bits per heavy atom. The molecule has 0 radical (unpaired) electrons. The van der Waals surface area contributed by atoms with Gasteiger partial charge in [-0.3, -0.25) is 4.79 Å². The third-order valence-electron chi connectivity index (χ3n) is 4.94. The molecule has 3 N–H and O–H groups in total. The molecule has 0 unspecified atom stereocenters. The fourth-order valence-electron chi connectivity index (χ4n) is 3.45. The van der Waals surface area contributed by atoms with Crippen molar-refractivity contribution in [3.63, 3.8) is 0 Å². The van der Waals surface area contributed by atoms with E-state index in [1.54, 1.807) is 24.3 Å². The number of nitrogens with one attached hydrogen (secondary N) is 3. The molecule has 0 saturated carbocycles. The van der Waals surface area contributed by atoms with Gasteiger partial charge >= 0.3 is 12.1 Å². The Morgan fingerprint density at radius 1 is 0.968 bits per heavy atom. The molecule has 156 valence electrons. The molecule has 3 aromatic carbocycles. The van der Waals surface area contributed by atoms with Crippen molar-refractivity contribution >= 4 is 29.3 Å². The molecular formula is C24H22N4O3. The molecule has 31 heavy (non-hydrogen) atoms. The molecule has 0 aromatic heterocycles. The third-order valence-corrected chi connectivity index (χ3v) is 4.94. The van der Waals surface area contributed by atoms with Crippen molar-refractivity contribution in [2.75, 3.05) is 16.8 Å². The van der Waals surface area contributed by atoms with E-state index in [0.29, 0.717) is 17.9 Å². The minimum atomic E-state index is -0.472. The summed E-state index contributed by atoms with van der Waals surface area (Å²) in [6.45, 7) is 2.39. The number of imide groups is 1. The van der Waals surface area contributed by atoms with Crippen LogP contribution in [0.5, 0.6) is 0 Å². The summed E-state index contributed by atoms with van der Waals surface area (Å²) >= 11 is 0. The number of carbonyl (C=O) groups is 3. The highest BCUT2D eigenvalue weighted by atomic mass is 16.2. The third kappa shape index (κ3) is 4.72. The summed E-state index contributed by atoms with van der Waals surface area (Å²) < 4.78 is 0. The van der Waals surface area contributed by atoms with E-state index in [4.69, 9.17) is 0 Å². The average Bonchev–Trinajstić information content (AvgIpc) is 3.11. The first kappa shape index (κ1) is 20.2. The van der Waals surface area contributed by atoms with Gasteiger partial charge in [0.2, 0.25) is 0 Å². The summed E-state index contributed by atoms with van der Waals surface area (Å²) in [6, 6.07) is 22.0. The molecule has 1 saturated heterocycles. The number of hydrogen-bond acceptors (Lipinski definition) is 3. The van der Waals surface area contributed by atoms with Crippen molar-refractivity contribution in [3.8, 4) is 11.1 Å². The lowest BCUT2D eigenvalue weighted by molar-refractivity contribution is -0.115. The zero-order valence-electron chi connectivity index (χ0n) is 17.0. The van der Waals surface area contributed by atoms with Crippen molar-refractivity contribution in [2.45, 2.75) is 13.5 Å². The molecule has 3 aromatic rings. The van der Waals surface area contributed by atoms with Gasteiger partial charge in [0.25, 0.3) is 5.91 Å². The first-order valence-electron chi connectivity index (χ1n) is 9.91. The van der Waals surface area contributed by atoms with Crippen molar-refractivity contribution in [2.24, 2.45) is 0 Å². The van der Waals surface area contributed by atoms with Gasteiger partial charge in [-0.05, 0) is 47.9 Å². The van der Waals surface area contributed by atoms with E-state index in [2.05, 4.69) is 41.1 Å². The number of amides is 5. The largest absolute Gasteiger partial charge is 0.334 e. The number of urea groups is 2. The number of nitrogens with zero attached hydrogens (tertiary/aromatic N) is 1. The van der Waals surface area contributed by atoms with E-state index in [1.165, 1.54) is 5.56 Å². The molecule has 7 nitrogen and oxygen atoms in total. The van der Waals surface area contributed by atoms with Crippen LogP contribution < -0.4 is 20.9 Å². The maximum absolute atomic E-state index is 12.4. The predicted octanol–water partition coefficient (Wildman–Crippen LogP) is 4.04. The summed E-state index contributed by atoms with van der Waals surface area (Å²) in [5.74, 6) is -0.333. The van der Waals surface area contributed by atoms with Crippen molar-refractivity contribution in [1.29, 1.82) is 0 Å². The SMILES string of the molecule is Cc1cccc(-c2cccc(CNC(=O)Nc3cccc(N4C(=O)CNC4=O)c3)c2)c1. The minimum absolute atomic E-state index is 0.0292. The quantitative estimate of drug-likeness (QED) is 0.551. The Labute approximate surface area is 180 Å². The molecule has 1 aliphatic heterocycles. The molecule has 0 atom stereocenters. The highest BCUT2D eigenvalue weighted by molar-refractivity contribution is 6.20. The van der Waals surface area contributed by atoms with Crippen LogP contribution in [0, 0.1) is 6.92 Å². The number of anilines is 2. The molecular weight excluding hydrogens is 392 g/mol. The second kappa shape index (κ2) is 8.71. The van der Waals surface area contributed by atoms with Gasteiger partial charge in [-0.15, -0.1) is 0 Å². The molecule has 1 fully saturated rings. The Kier molecular flexibility index (Phi) is 5.66. The van der Waals surface area contributed by atoms with Crippen LogP contribution in [0.25, 0.3) is 11.1 Å². The molecule has 4 rings (SSSR count). The van der Waals surface area contributed by atoms with Crippen molar-refractivity contribution in [3.05, 3.63) is 83.9 Å². The first-order chi connectivity index (χ1) is 15.0.